The minimum Gasteiger partial charge on any atom is -0.347 e. The molecule has 0 aliphatic carbocycles. The molecule has 1 aromatic rings. The molecule has 0 bridgehead atoms. The maximum absolute atomic E-state index is 12.1. The van der Waals surface area contributed by atoms with Crippen LogP contribution in [0, 0.1) is 5.92 Å². The second kappa shape index (κ2) is 7.96. The summed E-state index contributed by atoms with van der Waals surface area (Å²) in [5, 5.41) is 5.89. The summed E-state index contributed by atoms with van der Waals surface area (Å²) in [5.74, 6) is 0.316. The third-order valence-electron chi connectivity index (χ3n) is 4.23. The van der Waals surface area contributed by atoms with Gasteiger partial charge in [-0.2, -0.15) is 18.2 Å². The van der Waals surface area contributed by atoms with E-state index in [1.54, 1.807) is 0 Å². The van der Waals surface area contributed by atoms with Crippen LogP contribution < -0.4 is 5.32 Å². The van der Waals surface area contributed by atoms with Gasteiger partial charge in [0.1, 0.15) is 6.54 Å². The molecule has 1 amide bonds. The molecule has 2 heterocycles. The summed E-state index contributed by atoms with van der Waals surface area (Å²) in [6, 6.07) is -0.0673. The minimum absolute atomic E-state index is 0.0673. The second-order valence-electron chi connectivity index (χ2n) is 6.12. The molecule has 1 atom stereocenters. The zero-order chi connectivity index (χ0) is 17.7. The van der Waals surface area contributed by atoms with Gasteiger partial charge in [-0.1, -0.05) is 12.1 Å². The molecule has 136 valence electrons. The van der Waals surface area contributed by atoms with Crippen molar-refractivity contribution >= 4 is 5.91 Å². The summed E-state index contributed by atoms with van der Waals surface area (Å²) < 4.78 is 41.7. The van der Waals surface area contributed by atoms with Crippen molar-refractivity contribution in [2.24, 2.45) is 5.92 Å². The number of carbonyl (C=O) groups is 1. The molecule has 24 heavy (non-hydrogen) atoms. The Morgan fingerprint density at radius 2 is 2.08 bits per heavy atom. The van der Waals surface area contributed by atoms with Gasteiger partial charge in [0.05, 0.1) is 6.04 Å². The predicted octanol–water partition coefficient (Wildman–Crippen LogP) is 2.47. The number of aryl methyl sites for hydroxylation is 1. The number of piperidine rings is 1. The lowest BCUT2D eigenvalue weighted by Gasteiger charge is -2.33. The average Bonchev–Trinajstić information content (AvgIpc) is 3.00. The molecule has 0 spiro atoms. The standard InChI is InChI=1S/C15H23F3N4O2/c1-3-4-12-20-14(24-21-12)10(2)22-7-5-11(6-8-22)13(23)19-9-15(16,17)18/h10-11H,3-9H2,1-2H3,(H,19,23)/t10-/m0/s1. The third-order valence-corrected chi connectivity index (χ3v) is 4.23. The fraction of sp³-hybridized carbons (Fsp3) is 0.800. The van der Waals surface area contributed by atoms with Crippen molar-refractivity contribution in [1.29, 1.82) is 0 Å². The maximum atomic E-state index is 12.1. The summed E-state index contributed by atoms with van der Waals surface area (Å²) in [5.41, 5.74) is 0. The van der Waals surface area contributed by atoms with Crippen molar-refractivity contribution in [1.82, 2.24) is 20.4 Å². The Kier molecular flexibility index (Phi) is 6.20. The SMILES string of the molecule is CCCc1noc([C@H](C)N2CCC(C(=O)NCC(F)(F)F)CC2)n1. The van der Waals surface area contributed by atoms with Crippen LogP contribution >= 0.6 is 0 Å². The molecule has 6 nitrogen and oxygen atoms in total. The minimum atomic E-state index is -4.38. The van der Waals surface area contributed by atoms with E-state index >= 15 is 0 Å². The first-order valence-corrected chi connectivity index (χ1v) is 8.21. The zero-order valence-electron chi connectivity index (χ0n) is 13.9. The smallest absolute Gasteiger partial charge is 0.347 e. The number of nitrogens with zero attached hydrogens (tertiary/aromatic N) is 3. The van der Waals surface area contributed by atoms with Gasteiger partial charge in [-0.3, -0.25) is 9.69 Å². The van der Waals surface area contributed by atoms with Gasteiger partial charge in [0.25, 0.3) is 0 Å². The van der Waals surface area contributed by atoms with Crippen LogP contribution in [0.1, 0.15) is 50.9 Å². The summed E-state index contributed by atoms with van der Waals surface area (Å²) in [6.07, 6.45) is -1.64. The van der Waals surface area contributed by atoms with Crippen molar-refractivity contribution in [2.45, 2.75) is 51.7 Å². The molecule has 0 aromatic carbocycles. The van der Waals surface area contributed by atoms with E-state index in [1.807, 2.05) is 19.2 Å². The fourth-order valence-electron chi connectivity index (χ4n) is 2.80. The molecule has 1 aromatic heterocycles. The molecule has 2 rings (SSSR count). The molecular weight excluding hydrogens is 325 g/mol. The van der Waals surface area contributed by atoms with E-state index in [2.05, 4.69) is 15.0 Å². The summed E-state index contributed by atoms with van der Waals surface area (Å²) in [6.45, 7) is 3.93. The Labute approximate surface area is 138 Å². The lowest BCUT2D eigenvalue weighted by atomic mass is 9.95. The van der Waals surface area contributed by atoms with Gasteiger partial charge in [0, 0.05) is 12.3 Å². The Morgan fingerprint density at radius 1 is 1.42 bits per heavy atom. The lowest BCUT2D eigenvalue weighted by Crippen LogP contribution is -2.43. The van der Waals surface area contributed by atoms with Gasteiger partial charge in [-0.15, -0.1) is 0 Å². The Hall–Kier alpha value is -1.64. The van der Waals surface area contributed by atoms with Gasteiger partial charge in [-0.25, -0.2) is 0 Å². The van der Waals surface area contributed by atoms with Gasteiger partial charge in [0.2, 0.25) is 11.8 Å². The number of hydrogen-bond acceptors (Lipinski definition) is 5. The average molecular weight is 348 g/mol. The van der Waals surface area contributed by atoms with E-state index in [9.17, 15) is 18.0 Å². The first-order valence-electron chi connectivity index (χ1n) is 8.21. The fourth-order valence-corrected chi connectivity index (χ4v) is 2.80. The Bertz CT molecular complexity index is 539. The number of aromatic nitrogens is 2. The lowest BCUT2D eigenvalue weighted by molar-refractivity contribution is -0.141. The molecule has 1 aliphatic rings. The molecule has 1 N–H and O–H groups in total. The number of amides is 1. The second-order valence-corrected chi connectivity index (χ2v) is 6.12. The van der Waals surface area contributed by atoms with E-state index in [1.165, 1.54) is 0 Å². The molecule has 1 saturated heterocycles. The highest BCUT2D eigenvalue weighted by molar-refractivity contribution is 5.78. The van der Waals surface area contributed by atoms with Crippen LogP contribution in [-0.2, 0) is 11.2 Å². The largest absolute Gasteiger partial charge is 0.405 e. The van der Waals surface area contributed by atoms with E-state index in [4.69, 9.17) is 4.52 Å². The molecule has 1 fully saturated rings. The number of likely N-dealkylation sites (tertiary alicyclic amines) is 1. The Morgan fingerprint density at radius 3 is 2.67 bits per heavy atom. The van der Waals surface area contributed by atoms with E-state index in [-0.39, 0.29) is 12.0 Å². The zero-order valence-corrected chi connectivity index (χ0v) is 13.9. The molecule has 1 aliphatic heterocycles. The van der Waals surface area contributed by atoms with Crippen LogP contribution in [0.2, 0.25) is 0 Å². The normalized spacial score (nSPS) is 18.5. The van der Waals surface area contributed by atoms with Crippen LogP contribution in [0.15, 0.2) is 4.52 Å². The molecule has 0 radical (unpaired) electrons. The van der Waals surface area contributed by atoms with E-state index < -0.39 is 18.6 Å². The number of rotatable bonds is 6. The highest BCUT2D eigenvalue weighted by Gasteiger charge is 2.32. The van der Waals surface area contributed by atoms with Gasteiger partial charge in [0.15, 0.2) is 5.82 Å². The monoisotopic (exact) mass is 348 g/mol. The van der Waals surface area contributed by atoms with Crippen LogP contribution in [0.3, 0.4) is 0 Å². The van der Waals surface area contributed by atoms with Crippen LogP contribution in [-0.4, -0.2) is 46.8 Å². The van der Waals surface area contributed by atoms with E-state index in [0.29, 0.717) is 37.6 Å². The quantitative estimate of drug-likeness (QED) is 0.855. The molecule has 9 heteroatoms. The maximum Gasteiger partial charge on any atom is 0.405 e. The first-order chi connectivity index (χ1) is 11.3. The highest BCUT2D eigenvalue weighted by atomic mass is 19.4. The number of halogens is 3. The van der Waals surface area contributed by atoms with E-state index in [0.717, 1.165) is 12.8 Å². The van der Waals surface area contributed by atoms with Gasteiger partial charge >= 0.3 is 6.18 Å². The highest BCUT2D eigenvalue weighted by Crippen LogP contribution is 2.26. The Balaban J connectivity index is 1.82. The summed E-state index contributed by atoms with van der Waals surface area (Å²) in [4.78, 5) is 18.3. The predicted molar refractivity (Wildman–Crippen MR) is 80.1 cm³/mol. The number of nitrogens with one attached hydrogen (secondary N) is 1. The molecule has 0 saturated carbocycles. The van der Waals surface area contributed by atoms with Crippen molar-refractivity contribution in [3.8, 4) is 0 Å². The van der Waals surface area contributed by atoms with Gasteiger partial charge < -0.3 is 9.84 Å². The first kappa shape index (κ1) is 18.7. The number of alkyl halides is 3. The van der Waals surface area contributed by atoms with Crippen LogP contribution in [0.5, 0.6) is 0 Å². The van der Waals surface area contributed by atoms with Crippen molar-refractivity contribution in [2.75, 3.05) is 19.6 Å². The third kappa shape index (κ3) is 5.19. The van der Waals surface area contributed by atoms with Gasteiger partial charge in [-0.05, 0) is 39.3 Å². The van der Waals surface area contributed by atoms with Crippen LogP contribution in [0.25, 0.3) is 0 Å². The molecule has 0 unspecified atom stereocenters. The summed E-state index contributed by atoms with van der Waals surface area (Å²) in [7, 11) is 0. The number of hydrogen-bond donors (Lipinski definition) is 1. The topological polar surface area (TPSA) is 71.3 Å². The van der Waals surface area contributed by atoms with Crippen molar-refractivity contribution < 1.29 is 22.5 Å². The number of carbonyl (C=O) groups excluding carboxylic acids is 1. The van der Waals surface area contributed by atoms with Crippen LogP contribution in [0.4, 0.5) is 13.2 Å². The van der Waals surface area contributed by atoms with Crippen molar-refractivity contribution in [3.05, 3.63) is 11.7 Å². The summed E-state index contributed by atoms with van der Waals surface area (Å²) >= 11 is 0. The van der Waals surface area contributed by atoms with Crippen molar-refractivity contribution in [3.63, 3.8) is 0 Å². The molecular formula is C15H23F3N4O2.